The number of aromatic carboxylic acids is 1. The highest BCUT2D eigenvalue weighted by Crippen LogP contribution is 2.24. The minimum atomic E-state index is -1.10. The Labute approximate surface area is 156 Å². The van der Waals surface area contributed by atoms with E-state index >= 15 is 0 Å². The van der Waals surface area contributed by atoms with Gasteiger partial charge >= 0.3 is 5.97 Å². The van der Waals surface area contributed by atoms with Gasteiger partial charge < -0.3 is 29.4 Å². The zero-order chi connectivity index (χ0) is 19.1. The van der Waals surface area contributed by atoms with Gasteiger partial charge in [0.25, 0.3) is 0 Å². The lowest BCUT2D eigenvalue weighted by Crippen LogP contribution is -2.33. The van der Waals surface area contributed by atoms with Crippen molar-refractivity contribution in [2.75, 3.05) is 26.3 Å². The van der Waals surface area contributed by atoms with E-state index in [1.807, 2.05) is 30.3 Å². The van der Waals surface area contributed by atoms with Gasteiger partial charge in [0.05, 0.1) is 0 Å². The molecule has 0 bridgehead atoms. The molecule has 1 aromatic heterocycles. The molecule has 0 amide bonds. The Morgan fingerprint density at radius 2 is 1.89 bits per heavy atom. The smallest absolute Gasteiger partial charge is 0.371 e. The van der Waals surface area contributed by atoms with Crippen LogP contribution in [0.1, 0.15) is 10.6 Å². The molecular weight excluding hydrogens is 350 g/mol. The molecular formula is C20H21NO6. The number of furan rings is 1. The first kappa shape index (κ1) is 18.8. The third-order valence-corrected chi connectivity index (χ3v) is 3.82. The van der Waals surface area contributed by atoms with Gasteiger partial charge in [-0.25, -0.2) is 4.79 Å². The van der Waals surface area contributed by atoms with E-state index in [9.17, 15) is 9.90 Å². The predicted molar refractivity (Wildman–Crippen MR) is 99.5 cm³/mol. The van der Waals surface area contributed by atoms with Crippen molar-refractivity contribution in [3.8, 4) is 11.5 Å². The van der Waals surface area contributed by atoms with Crippen molar-refractivity contribution in [1.29, 1.82) is 0 Å². The molecule has 1 atom stereocenters. The molecule has 0 aliphatic carbocycles. The molecule has 1 heterocycles. The van der Waals surface area contributed by atoms with E-state index in [-0.39, 0.29) is 12.4 Å². The van der Waals surface area contributed by atoms with Crippen molar-refractivity contribution in [2.24, 2.45) is 0 Å². The summed E-state index contributed by atoms with van der Waals surface area (Å²) < 4.78 is 16.3. The Morgan fingerprint density at radius 3 is 2.67 bits per heavy atom. The van der Waals surface area contributed by atoms with Crippen LogP contribution in [-0.4, -0.2) is 48.6 Å². The van der Waals surface area contributed by atoms with Gasteiger partial charge in [0, 0.05) is 24.5 Å². The Hall–Kier alpha value is -3.03. The van der Waals surface area contributed by atoms with Crippen molar-refractivity contribution in [3.63, 3.8) is 0 Å². The number of hydrogen-bond donors (Lipinski definition) is 3. The number of hydrogen-bond acceptors (Lipinski definition) is 6. The number of benzene rings is 2. The summed E-state index contributed by atoms with van der Waals surface area (Å²) in [5, 5.41) is 22.6. The molecule has 3 N–H and O–H groups in total. The van der Waals surface area contributed by atoms with Gasteiger partial charge in [-0.1, -0.05) is 18.2 Å². The number of aliphatic hydroxyl groups excluding tert-OH is 1. The van der Waals surface area contributed by atoms with Crippen molar-refractivity contribution in [1.82, 2.24) is 5.32 Å². The van der Waals surface area contributed by atoms with Crippen LogP contribution < -0.4 is 14.8 Å². The third kappa shape index (κ3) is 5.47. The first-order valence-corrected chi connectivity index (χ1v) is 8.58. The maximum Gasteiger partial charge on any atom is 0.371 e. The van der Waals surface area contributed by atoms with E-state index in [4.69, 9.17) is 19.0 Å². The molecule has 0 saturated carbocycles. The number of carbonyl (C=O) groups is 1. The minimum Gasteiger partial charge on any atom is -0.492 e. The van der Waals surface area contributed by atoms with Crippen molar-refractivity contribution in [3.05, 3.63) is 60.4 Å². The van der Waals surface area contributed by atoms with Crippen LogP contribution in [0.4, 0.5) is 0 Å². The number of carboxylic acids is 1. The SMILES string of the molecule is O=C(O)c1cc2ccc(OCCNCC(O)COc3ccccc3)cc2o1. The summed E-state index contributed by atoms with van der Waals surface area (Å²) in [5.41, 5.74) is 0.464. The maximum atomic E-state index is 10.9. The molecule has 0 radical (unpaired) electrons. The van der Waals surface area contributed by atoms with E-state index in [0.717, 1.165) is 5.75 Å². The van der Waals surface area contributed by atoms with Crippen LogP contribution in [0.5, 0.6) is 11.5 Å². The van der Waals surface area contributed by atoms with Gasteiger partial charge in [0.15, 0.2) is 0 Å². The quantitative estimate of drug-likeness (QED) is 0.471. The predicted octanol–water partition coefficient (Wildman–Crippen LogP) is 2.54. The van der Waals surface area contributed by atoms with E-state index in [1.54, 1.807) is 18.2 Å². The first-order valence-electron chi connectivity index (χ1n) is 8.58. The lowest BCUT2D eigenvalue weighted by atomic mass is 10.2. The standard InChI is InChI=1S/C20H21NO6/c22-15(13-26-16-4-2-1-3-5-16)12-21-8-9-25-17-7-6-14-10-19(20(23)24)27-18(14)11-17/h1-7,10-11,15,21-22H,8-9,12-13H2,(H,23,24). The summed E-state index contributed by atoms with van der Waals surface area (Å²) in [6.07, 6.45) is -0.626. The maximum absolute atomic E-state index is 10.9. The molecule has 0 spiro atoms. The summed E-state index contributed by atoms with van der Waals surface area (Å²) in [6.45, 7) is 1.53. The second kappa shape index (κ2) is 9.07. The summed E-state index contributed by atoms with van der Waals surface area (Å²) in [5.74, 6) is 0.103. The highest BCUT2D eigenvalue weighted by atomic mass is 16.5. The lowest BCUT2D eigenvalue weighted by Gasteiger charge is -2.13. The Bertz CT molecular complexity index is 877. The van der Waals surface area contributed by atoms with Crippen molar-refractivity contribution < 1.29 is 28.9 Å². The Morgan fingerprint density at radius 1 is 1.07 bits per heavy atom. The summed E-state index contributed by atoms with van der Waals surface area (Å²) in [7, 11) is 0. The molecule has 3 aromatic rings. The zero-order valence-corrected chi connectivity index (χ0v) is 14.6. The van der Waals surface area contributed by atoms with Crippen molar-refractivity contribution >= 4 is 16.9 Å². The van der Waals surface area contributed by atoms with E-state index in [1.165, 1.54) is 6.07 Å². The van der Waals surface area contributed by atoms with E-state index in [2.05, 4.69) is 5.32 Å². The zero-order valence-electron chi connectivity index (χ0n) is 14.6. The highest BCUT2D eigenvalue weighted by molar-refractivity contribution is 5.91. The Balaban J connectivity index is 1.36. The van der Waals surface area contributed by atoms with Gasteiger partial charge in [-0.2, -0.15) is 0 Å². The van der Waals surface area contributed by atoms with Gasteiger partial charge in [-0.15, -0.1) is 0 Å². The monoisotopic (exact) mass is 371 g/mol. The molecule has 7 heteroatoms. The fourth-order valence-electron chi connectivity index (χ4n) is 2.48. The van der Waals surface area contributed by atoms with E-state index < -0.39 is 12.1 Å². The molecule has 0 aliphatic heterocycles. The summed E-state index contributed by atoms with van der Waals surface area (Å²) in [4.78, 5) is 10.9. The summed E-state index contributed by atoms with van der Waals surface area (Å²) >= 11 is 0. The fraction of sp³-hybridized carbons (Fsp3) is 0.250. The van der Waals surface area contributed by atoms with Crippen LogP contribution in [0, 0.1) is 0 Å². The third-order valence-electron chi connectivity index (χ3n) is 3.82. The average Bonchev–Trinajstić information content (AvgIpc) is 3.11. The molecule has 1 unspecified atom stereocenters. The largest absolute Gasteiger partial charge is 0.492 e. The normalized spacial score (nSPS) is 12.0. The molecule has 0 aliphatic rings. The van der Waals surface area contributed by atoms with Gasteiger partial charge in [0.1, 0.15) is 36.4 Å². The molecule has 27 heavy (non-hydrogen) atoms. The summed E-state index contributed by atoms with van der Waals surface area (Å²) in [6, 6.07) is 16.0. The fourth-order valence-corrected chi connectivity index (χ4v) is 2.48. The van der Waals surface area contributed by atoms with Crippen LogP contribution in [-0.2, 0) is 0 Å². The number of aliphatic hydroxyl groups is 1. The number of para-hydroxylation sites is 1. The Kier molecular flexibility index (Phi) is 6.30. The van der Waals surface area contributed by atoms with Crippen LogP contribution >= 0.6 is 0 Å². The lowest BCUT2D eigenvalue weighted by molar-refractivity contribution is 0.0665. The molecule has 0 fully saturated rings. The second-order valence-corrected chi connectivity index (χ2v) is 5.95. The van der Waals surface area contributed by atoms with Crippen LogP contribution in [0.2, 0.25) is 0 Å². The van der Waals surface area contributed by atoms with E-state index in [0.29, 0.717) is 36.4 Å². The average molecular weight is 371 g/mol. The first-order chi connectivity index (χ1) is 13.1. The topological polar surface area (TPSA) is 101 Å². The van der Waals surface area contributed by atoms with Gasteiger partial charge in [-0.05, 0) is 30.3 Å². The molecule has 142 valence electrons. The number of nitrogens with one attached hydrogen (secondary N) is 1. The number of ether oxygens (including phenoxy) is 2. The second-order valence-electron chi connectivity index (χ2n) is 5.95. The van der Waals surface area contributed by atoms with Crippen molar-refractivity contribution in [2.45, 2.75) is 6.10 Å². The molecule has 0 saturated heterocycles. The molecule has 2 aromatic carbocycles. The number of carboxylic acid groups (broad SMARTS) is 1. The van der Waals surface area contributed by atoms with Gasteiger partial charge in [0.2, 0.25) is 5.76 Å². The van der Waals surface area contributed by atoms with Gasteiger partial charge in [-0.3, -0.25) is 0 Å². The number of fused-ring (bicyclic) bond motifs is 1. The molecule has 3 rings (SSSR count). The minimum absolute atomic E-state index is 0.101. The number of rotatable bonds is 10. The molecule has 7 nitrogen and oxygen atoms in total. The van der Waals surface area contributed by atoms with Crippen LogP contribution in [0.3, 0.4) is 0 Å². The highest BCUT2D eigenvalue weighted by Gasteiger charge is 2.11. The van der Waals surface area contributed by atoms with Crippen LogP contribution in [0.25, 0.3) is 11.0 Å². The van der Waals surface area contributed by atoms with Crippen LogP contribution in [0.15, 0.2) is 59.0 Å².